The van der Waals surface area contributed by atoms with Crippen molar-refractivity contribution in [2.45, 2.75) is 6.42 Å². The van der Waals surface area contributed by atoms with E-state index in [1.165, 1.54) is 6.26 Å². The zero-order valence-electron chi connectivity index (χ0n) is 8.74. The lowest BCUT2D eigenvalue weighted by atomic mass is 10.3. The molecular weight excluding hydrogens is 294 g/mol. The van der Waals surface area contributed by atoms with Crippen LogP contribution < -0.4 is 5.32 Å². The summed E-state index contributed by atoms with van der Waals surface area (Å²) in [4.78, 5) is 11.5. The van der Waals surface area contributed by atoms with Gasteiger partial charge in [-0.15, -0.1) is 0 Å². The van der Waals surface area contributed by atoms with Gasteiger partial charge < -0.3 is 14.8 Å². The summed E-state index contributed by atoms with van der Waals surface area (Å²) in [6.07, 6.45) is 2.21. The van der Waals surface area contributed by atoms with Gasteiger partial charge in [0.25, 0.3) is 5.91 Å². The molecule has 4 nitrogen and oxygen atoms in total. The number of hydrogen-bond acceptors (Lipinski definition) is 4. The summed E-state index contributed by atoms with van der Waals surface area (Å²) in [6.45, 7) is 0.847. The first-order valence-electron chi connectivity index (χ1n) is 4.95. The van der Waals surface area contributed by atoms with Crippen molar-refractivity contribution >= 4 is 33.6 Å². The highest BCUT2D eigenvalue weighted by molar-refractivity contribution is 9.10. The Balaban J connectivity index is 2.11. The Bertz CT molecular complexity index is 330. The number of rotatable bonds is 7. The van der Waals surface area contributed by atoms with Gasteiger partial charge in [-0.05, 0) is 28.1 Å². The summed E-state index contributed by atoms with van der Waals surface area (Å²) in [7, 11) is 0. The summed E-state index contributed by atoms with van der Waals surface area (Å²) >= 11 is 4.85. The molecule has 0 aliphatic carbocycles. The monoisotopic (exact) mass is 307 g/mol. The number of nitrogens with one attached hydrogen (secondary N) is 1. The Morgan fingerprint density at radius 3 is 3.00 bits per heavy atom. The predicted molar refractivity (Wildman–Crippen MR) is 67.8 cm³/mol. The predicted octanol–water partition coefficient (Wildman–Crippen LogP) is 1.89. The lowest BCUT2D eigenvalue weighted by molar-refractivity contribution is 0.0955. The van der Waals surface area contributed by atoms with Crippen molar-refractivity contribution in [1.82, 2.24) is 5.32 Å². The minimum Gasteiger partial charge on any atom is -0.457 e. The fraction of sp³-hybridized carbons (Fsp3) is 0.500. The van der Waals surface area contributed by atoms with Gasteiger partial charge >= 0.3 is 0 Å². The summed E-state index contributed by atoms with van der Waals surface area (Å²) < 4.78 is 5.52. The third-order valence-corrected chi connectivity index (χ3v) is 3.29. The molecule has 0 fully saturated rings. The summed E-state index contributed by atoms with van der Waals surface area (Å²) in [5.74, 6) is 1.64. The minimum atomic E-state index is -0.128. The van der Waals surface area contributed by atoms with Gasteiger partial charge in [-0.25, -0.2) is 0 Å². The van der Waals surface area contributed by atoms with E-state index in [0.29, 0.717) is 16.8 Å². The molecule has 0 atom stereocenters. The second kappa shape index (κ2) is 7.76. The second-order valence-electron chi connectivity index (χ2n) is 3.08. The standard InChI is InChI=1S/C10H14BrNO3S/c11-9-6-8(7-15-9)10(14)12-2-5-16-4-1-3-13/h6-7,13H,1-5H2,(H,12,14). The van der Waals surface area contributed by atoms with Crippen molar-refractivity contribution in [3.8, 4) is 0 Å². The summed E-state index contributed by atoms with van der Waals surface area (Å²) in [5.41, 5.74) is 0.521. The molecule has 0 saturated heterocycles. The lowest BCUT2D eigenvalue weighted by Gasteiger charge is -2.02. The number of aliphatic hydroxyl groups is 1. The number of hydrogen-bond donors (Lipinski definition) is 2. The van der Waals surface area contributed by atoms with E-state index in [1.54, 1.807) is 17.8 Å². The topological polar surface area (TPSA) is 62.5 Å². The third-order valence-electron chi connectivity index (χ3n) is 1.81. The molecule has 6 heteroatoms. The molecule has 90 valence electrons. The number of aliphatic hydroxyl groups excluding tert-OH is 1. The summed E-state index contributed by atoms with van der Waals surface area (Å²) in [5, 5.41) is 11.4. The quantitative estimate of drug-likeness (QED) is 0.755. The average molecular weight is 308 g/mol. The molecule has 0 saturated carbocycles. The van der Waals surface area contributed by atoms with Gasteiger partial charge in [-0.1, -0.05) is 0 Å². The van der Waals surface area contributed by atoms with Gasteiger partial charge in [-0.2, -0.15) is 11.8 Å². The van der Waals surface area contributed by atoms with E-state index in [1.807, 2.05) is 0 Å². The lowest BCUT2D eigenvalue weighted by Crippen LogP contribution is -2.25. The molecule has 0 aliphatic rings. The van der Waals surface area contributed by atoms with E-state index in [-0.39, 0.29) is 12.5 Å². The molecule has 0 spiro atoms. The van der Waals surface area contributed by atoms with Gasteiger partial charge in [0.2, 0.25) is 0 Å². The molecule has 1 rings (SSSR count). The van der Waals surface area contributed by atoms with Gasteiger partial charge in [0.1, 0.15) is 6.26 Å². The van der Waals surface area contributed by atoms with Gasteiger partial charge in [0, 0.05) is 25.0 Å². The van der Waals surface area contributed by atoms with E-state index in [2.05, 4.69) is 21.2 Å². The van der Waals surface area contributed by atoms with Crippen molar-refractivity contribution in [2.24, 2.45) is 0 Å². The van der Waals surface area contributed by atoms with Crippen LogP contribution >= 0.6 is 27.7 Å². The molecule has 1 aromatic rings. The van der Waals surface area contributed by atoms with Crippen LogP contribution in [0.25, 0.3) is 0 Å². The molecule has 0 radical (unpaired) electrons. The van der Waals surface area contributed by atoms with Crippen LogP contribution in [0.3, 0.4) is 0 Å². The van der Waals surface area contributed by atoms with Crippen molar-refractivity contribution in [3.05, 3.63) is 22.6 Å². The SMILES string of the molecule is O=C(NCCSCCCO)c1coc(Br)c1. The summed E-state index contributed by atoms with van der Waals surface area (Å²) in [6, 6.07) is 1.63. The van der Waals surface area contributed by atoms with Gasteiger partial charge in [-0.3, -0.25) is 4.79 Å². The van der Waals surface area contributed by atoms with Crippen LogP contribution in [0.5, 0.6) is 0 Å². The molecule has 0 aromatic carbocycles. The molecule has 0 unspecified atom stereocenters. The molecule has 0 bridgehead atoms. The third kappa shape index (κ3) is 5.05. The Morgan fingerprint density at radius 1 is 1.56 bits per heavy atom. The fourth-order valence-electron chi connectivity index (χ4n) is 1.04. The maximum atomic E-state index is 11.5. The van der Waals surface area contributed by atoms with Crippen LogP contribution in [-0.4, -0.2) is 35.7 Å². The number of amides is 1. The van der Waals surface area contributed by atoms with Crippen LogP contribution in [0, 0.1) is 0 Å². The maximum Gasteiger partial charge on any atom is 0.254 e. The van der Waals surface area contributed by atoms with Gasteiger partial charge in [0.05, 0.1) is 5.56 Å². The first-order valence-corrected chi connectivity index (χ1v) is 6.89. The van der Waals surface area contributed by atoms with Crippen LogP contribution in [0.1, 0.15) is 16.8 Å². The largest absolute Gasteiger partial charge is 0.457 e. The van der Waals surface area contributed by atoms with Crippen LogP contribution in [0.15, 0.2) is 21.4 Å². The van der Waals surface area contributed by atoms with E-state index >= 15 is 0 Å². The van der Waals surface area contributed by atoms with Crippen LogP contribution in [0.2, 0.25) is 0 Å². The number of thioether (sulfide) groups is 1. The molecule has 16 heavy (non-hydrogen) atoms. The van der Waals surface area contributed by atoms with E-state index < -0.39 is 0 Å². The number of carbonyl (C=O) groups excluding carboxylic acids is 1. The fourth-order valence-corrected chi connectivity index (χ4v) is 2.16. The van der Waals surface area contributed by atoms with E-state index in [0.717, 1.165) is 17.9 Å². The first-order chi connectivity index (χ1) is 7.74. The first kappa shape index (κ1) is 13.6. The zero-order chi connectivity index (χ0) is 11.8. The highest BCUT2D eigenvalue weighted by Gasteiger charge is 2.07. The van der Waals surface area contributed by atoms with Crippen LogP contribution in [-0.2, 0) is 0 Å². The highest BCUT2D eigenvalue weighted by Crippen LogP contribution is 2.13. The van der Waals surface area contributed by atoms with Gasteiger partial charge in [0.15, 0.2) is 4.67 Å². The van der Waals surface area contributed by atoms with Crippen molar-refractivity contribution < 1.29 is 14.3 Å². The molecule has 1 heterocycles. The van der Waals surface area contributed by atoms with Crippen molar-refractivity contribution in [1.29, 1.82) is 0 Å². The van der Waals surface area contributed by atoms with Crippen LogP contribution in [0.4, 0.5) is 0 Å². The normalized spacial score (nSPS) is 10.4. The number of carbonyl (C=O) groups is 1. The molecular formula is C10H14BrNO3S. The Morgan fingerprint density at radius 2 is 2.38 bits per heavy atom. The van der Waals surface area contributed by atoms with Crippen molar-refractivity contribution in [3.63, 3.8) is 0 Å². The Labute approximate surface area is 107 Å². The Hall–Kier alpha value is -0.460. The average Bonchev–Trinajstić information content (AvgIpc) is 2.70. The Kier molecular flexibility index (Phi) is 6.59. The molecule has 0 aliphatic heterocycles. The van der Waals surface area contributed by atoms with E-state index in [4.69, 9.17) is 9.52 Å². The van der Waals surface area contributed by atoms with E-state index in [9.17, 15) is 4.79 Å². The zero-order valence-corrected chi connectivity index (χ0v) is 11.1. The molecule has 2 N–H and O–H groups in total. The van der Waals surface area contributed by atoms with Crippen molar-refractivity contribution in [2.75, 3.05) is 24.7 Å². The second-order valence-corrected chi connectivity index (χ2v) is 5.09. The number of furan rings is 1. The smallest absolute Gasteiger partial charge is 0.254 e. The molecule has 1 aromatic heterocycles. The highest BCUT2D eigenvalue weighted by atomic mass is 79.9. The maximum absolute atomic E-state index is 11.5. The number of halogens is 1. The minimum absolute atomic E-state index is 0.128. The molecule has 1 amide bonds.